The van der Waals surface area contributed by atoms with Crippen LogP contribution >= 0.6 is 0 Å². The minimum Gasteiger partial charge on any atom is -0.339 e. The highest BCUT2D eigenvalue weighted by molar-refractivity contribution is 5.78. The summed E-state index contributed by atoms with van der Waals surface area (Å²) < 4.78 is 0. The average molecular weight is 181 g/mol. The molecule has 0 atom stereocenters. The monoisotopic (exact) mass is 181 g/mol. The van der Waals surface area contributed by atoms with Gasteiger partial charge < -0.3 is 10.2 Å². The van der Waals surface area contributed by atoms with Gasteiger partial charge >= 0.3 is 0 Å². The Morgan fingerprint density at radius 2 is 2.23 bits per heavy atom. The normalized spacial score (nSPS) is 16.7. The topological polar surface area (TPSA) is 44.4 Å². The van der Waals surface area contributed by atoms with Gasteiger partial charge in [0.1, 0.15) is 0 Å². The Morgan fingerprint density at radius 3 is 2.85 bits per heavy atom. The third kappa shape index (κ3) is 3.45. The summed E-state index contributed by atoms with van der Waals surface area (Å²) >= 11 is 0. The molecule has 1 aliphatic rings. The van der Waals surface area contributed by atoms with Crippen LogP contribution in [0.2, 0.25) is 0 Å². The largest absolute Gasteiger partial charge is 0.339 e. The lowest BCUT2D eigenvalue weighted by Crippen LogP contribution is -2.49. The van der Waals surface area contributed by atoms with E-state index in [2.05, 4.69) is 16.6 Å². The fraction of sp³-hybridized carbons (Fsp3) is 0.667. The van der Waals surface area contributed by atoms with Crippen LogP contribution in [0.5, 0.6) is 0 Å². The molecule has 1 fully saturated rings. The second-order valence-corrected chi connectivity index (χ2v) is 2.94. The number of nitrogens with zero attached hydrogens (tertiary/aromatic N) is 1. The van der Waals surface area contributed by atoms with Gasteiger partial charge in [-0.25, -0.2) is 0 Å². The van der Waals surface area contributed by atoms with Crippen LogP contribution in [0.15, 0.2) is 0 Å². The Morgan fingerprint density at radius 1 is 1.54 bits per heavy atom. The van der Waals surface area contributed by atoms with Crippen LogP contribution in [-0.2, 0) is 4.79 Å². The van der Waals surface area contributed by atoms with Gasteiger partial charge in [-0.1, -0.05) is 5.92 Å². The van der Waals surface area contributed by atoms with E-state index >= 15 is 0 Å². The summed E-state index contributed by atoms with van der Waals surface area (Å²) in [5, 5.41) is 6.07. The summed E-state index contributed by atoms with van der Waals surface area (Å²) in [6.45, 7) is 4.19. The molecule has 0 aromatic carbocycles. The van der Waals surface area contributed by atoms with Crippen LogP contribution in [-0.4, -0.2) is 50.1 Å². The highest BCUT2D eigenvalue weighted by Gasteiger charge is 2.14. The highest BCUT2D eigenvalue weighted by atomic mass is 16.2. The van der Waals surface area contributed by atoms with Crippen molar-refractivity contribution >= 4 is 5.91 Å². The van der Waals surface area contributed by atoms with Crippen molar-refractivity contribution in [1.29, 1.82) is 0 Å². The summed E-state index contributed by atoms with van der Waals surface area (Å²) in [4.78, 5) is 13.3. The van der Waals surface area contributed by atoms with Gasteiger partial charge in [0, 0.05) is 26.2 Å². The molecule has 0 bridgehead atoms. The van der Waals surface area contributed by atoms with Crippen molar-refractivity contribution < 1.29 is 4.79 Å². The predicted octanol–water partition coefficient (Wildman–Crippen LogP) is -1.36. The Kier molecular flexibility index (Phi) is 4.30. The highest BCUT2D eigenvalue weighted by Crippen LogP contribution is 1.91. The van der Waals surface area contributed by atoms with Gasteiger partial charge in [-0.3, -0.25) is 10.1 Å². The number of piperazine rings is 1. The van der Waals surface area contributed by atoms with Crippen molar-refractivity contribution in [2.75, 3.05) is 39.3 Å². The molecule has 0 aromatic heterocycles. The predicted molar refractivity (Wildman–Crippen MR) is 51.2 cm³/mol. The standard InChI is InChI=1S/C9H15N3O/c1-2-3-11-8-9(13)12-6-4-10-5-7-12/h1,10-11H,3-8H2. The molecule has 0 aliphatic carbocycles. The molecule has 1 aliphatic heterocycles. The first-order valence-electron chi connectivity index (χ1n) is 4.47. The second-order valence-electron chi connectivity index (χ2n) is 2.94. The van der Waals surface area contributed by atoms with Crippen molar-refractivity contribution in [3.05, 3.63) is 0 Å². The van der Waals surface area contributed by atoms with Crippen LogP contribution in [0.4, 0.5) is 0 Å². The number of rotatable bonds is 3. The Bertz CT molecular complexity index is 203. The summed E-state index contributed by atoms with van der Waals surface area (Å²) in [5.41, 5.74) is 0. The number of nitrogens with one attached hydrogen (secondary N) is 2. The quantitative estimate of drug-likeness (QED) is 0.417. The molecular weight excluding hydrogens is 166 g/mol. The molecule has 4 nitrogen and oxygen atoms in total. The first kappa shape index (κ1) is 10.0. The zero-order valence-corrected chi connectivity index (χ0v) is 7.68. The lowest BCUT2D eigenvalue weighted by atomic mass is 10.3. The van der Waals surface area contributed by atoms with Gasteiger partial charge in [-0.15, -0.1) is 6.42 Å². The van der Waals surface area contributed by atoms with Crippen molar-refractivity contribution in [3.63, 3.8) is 0 Å². The molecule has 72 valence electrons. The van der Waals surface area contributed by atoms with E-state index in [4.69, 9.17) is 6.42 Å². The van der Waals surface area contributed by atoms with Gasteiger partial charge in [0.15, 0.2) is 0 Å². The summed E-state index contributed by atoms with van der Waals surface area (Å²) in [5.74, 6) is 2.57. The minimum absolute atomic E-state index is 0.136. The van der Waals surface area contributed by atoms with Crippen LogP contribution in [0.3, 0.4) is 0 Å². The molecule has 1 amide bonds. The molecule has 1 rings (SSSR count). The fourth-order valence-electron chi connectivity index (χ4n) is 1.27. The number of carbonyl (C=O) groups excluding carboxylic acids is 1. The molecule has 1 heterocycles. The Hall–Kier alpha value is -1.05. The average Bonchev–Trinajstić information content (AvgIpc) is 2.19. The van der Waals surface area contributed by atoms with Gasteiger partial charge in [0.2, 0.25) is 5.91 Å². The zero-order chi connectivity index (χ0) is 9.52. The minimum atomic E-state index is 0.136. The van der Waals surface area contributed by atoms with Crippen molar-refractivity contribution in [2.45, 2.75) is 0 Å². The summed E-state index contributed by atoms with van der Waals surface area (Å²) in [6.07, 6.45) is 5.05. The van der Waals surface area contributed by atoms with Crippen molar-refractivity contribution in [2.24, 2.45) is 0 Å². The molecule has 13 heavy (non-hydrogen) atoms. The van der Waals surface area contributed by atoms with Crippen LogP contribution in [0, 0.1) is 12.3 Å². The molecule has 0 unspecified atom stereocenters. The molecule has 4 heteroatoms. The SMILES string of the molecule is C#CCNCC(=O)N1CCNCC1. The molecule has 0 saturated carbocycles. The van der Waals surface area contributed by atoms with E-state index in [1.54, 1.807) is 0 Å². The number of amides is 1. The van der Waals surface area contributed by atoms with E-state index in [0.717, 1.165) is 26.2 Å². The van der Waals surface area contributed by atoms with Gasteiger partial charge in [0.05, 0.1) is 13.1 Å². The molecule has 0 radical (unpaired) electrons. The first-order chi connectivity index (χ1) is 6.34. The number of hydrogen-bond donors (Lipinski definition) is 2. The molecular formula is C9H15N3O. The fourth-order valence-corrected chi connectivity index (χ4v) is 1.27. The molecule has 2 N–H and O–H groups in total. The van der Waals surface area contributed by atoms with Gasteiger partial charge in [-0.05, 0) is 0 Å². The van der Waals surface area contributed by atoms with E-state index in [9.17, 15) is 4.79 Å². The van der Waals surface area contributed by atoms with Crippen molar-refractivity contribution in [3.8, 4) is 12.3 Å². The summed E-state index contributed by atoms with van der Waals surface area (Å²) in [7, 11) is 0. The smallest absolute Gasteiger partial charge is 0.236 e. The van der Waals surface area contributed by atoms with E-state index in [-0.39, 0.29) is 5.91 Å². The third-order valence-corrected chi connectivity index (χ3v) is 1.97. The second kappa shape index (κ2) is 5.57. The van der Waals surface area contributed by atoms with E-state index in [1.807, 2.05) is 4.90 Å². The lowest BCUT2D eigenvalue weighted by Gasteiger charge is -2.27. The third-order valence-electron chi connectivity index (χ3n) is 1.97. The van der Waals surface area contributed by atoms with E-state index in [1.165, 1.54) is 0 Å². The maximum atomic E-state index is 11.4. The zero-order valence-electron chi connectivity index (χ0n) is 7.68. The van der Waals surface area contributed by atoms with E-state index < -0.39 is 0 Å². The van der Waals surface area contributed by atoms with Gasteiger partial charge in [-0.2, -0.15) is 0 Å². The van der Waals surface area contributed by atoms with Crippen LogP contribution < -0.4 is 10.6 Å². The number of carbonyl (C=O) groups is 1. The van der Waals surface area contributed by atoms with Crippen molar-refractivity contribution in [1.82, 2.24) is 15.5 Å². The summed E-state index contributed by atoms with van der Waals surface area (Å²) in [6, 6.07) is 0. The Balaban J connectivity index is 2.18. The lowest BCUT2D eigenvalue weighted by molar-refractivity contribution is -0.130. The first-order valence-corrected chi connectivity index (χ1v) is 4.47. The molecule has 1 saturated heterocycles. The maximum Gasteiger partial charge on any atom is 0.236 e. The van der Waals surface area contributed by atoms with Crippen LogP contribution in [0.1, 0.15) is 0 Å². The Labute approximate surface area is 78.7 Å². The number of hydrogen-bond acceptors (Lipinski definition) is 3. The maximum absolute atomic E-state index is 11.4. The molecule has 0 aromatic rings. The van der Waals surface area contributed by atoms with E-state index in [0.29, 0.717) is 13.1 Å². The molecule has 0 spiro atoms. The van der Waals surface area contributed by atoms with Crippen LogP contribution in [0.25, 0.3) is 0 Å². The number of terminal acetylenes is 1. The van der Waals surface area contributed by atoms with Gasteiger partial charge in [0.25, 0.3) is 0 Å².